The fourth-order valence-electron chi connectivity index (χ4n) is 1.90. The Morgan fingerprint density at radius 3 is 2.61 bits per heavy atom. The van der Waals surface area contributed by atoms with Crippen LogP contribution in [-0.2, 0) is 24.3 Å². The smallest absolute Gasteiger partial charge is 0.321 e. The number of carbonyl (C=O) groups excluding carboxylic acids is 1. The number of hydrogen-bond donors (Lipinski definition) is 0. The monoisotopic (exact) mass is 279 g/mol. The predicted molar refractivity (Wildman–Crippen MR) is 66.6 cm³/mol. The van der Waals surface area contributed by atoms with Crippen molar-refractivity contribution in [3.63, 3.8) is 0 Å². The first-order chi connectivity index (χ1) is 8.36. The first-order valence-electron chi connectivity index (χ1n) is 6.04. The lowest BCUT2D eigenvalue weighted by molar-refractivity contribution is -0.141. The fraction of sp³-hybridized carbons (Fsp3) is 0.909. The minimum absolute atomic E-state index is 0.0673. The van der Waals surface area contributed by atoms with Gasteiger partial charge in [-0.2, -0.15) is 4.31 Å². The molecule has 1 fully saturated rings. The van der Waals surface area contributed by atoms with Gasteiger partial charge < -0.3 is 9.47 Å². The van der Waals surface area contributed by atoms with Gasteiger partial charge in [-0.15, -0.1) is 0 Å². The molecule has 1 atom stereocenters. The van der Waals surface area contributed by atoms with Crippen LogP contribution in [0.2, 0.25) is 0 Å². The summed E-state index contributed by atoms with van der Waals surface area (Å²) in [5.74, 6) is -0.623. The SMILES string of the molecule is COC(=O)CN(C(C)C)S(=O)(=O)CC1CCCO1. The number of sulfonamides is 1. The van der Waals surface area contributed by atoms with Gasteiger partial charge in [0.05, 0.1) is 19.0 Å². The topological polar surface area (TPSA) is 72.9 Å². The van der Waals surface area contributed by atoms with E-state index in [9.17, 15) is 13.2 Å². The normalized spacial score (nSPS) is 20.6. The van der Waals surface area contributed by atoms with E-state index in [0.29, 0.717) is 6.61 Å². The highest BCUT2D eigenvalue weighted by Gasteiger charge is 2.31. The average molecular weight is 279 g/mol. The number of ether oxygens (including phenoxy) is 2. The Balaban J connectivity index is 2.72. The van der Waals surface area contributed by atoms with Gasteiger partial charge in [0.2, 0.25) is 10.0 Å². The van der Waals surface area contributed by atoms with Gasteiger partial charge >= 0.3 is 5.97 Å². The van der Waals surface area contributed by atoms with Crippen LogP contribution in [0, 0.1) is 0 Å². The number of nitrogens with zero attached hydrogens (tertiary/aromatic N) is 1. The first kappa shape index (κ1) is 15.4. The number of rotatable bonds is 6. The average Bonchev–Trinajstić information content (AvgIpc) is 2.76. The number of hydrogen-bond acceptors (Lipinski definition) is 5. The summed E-state index contributed by atoms with van der Waals surface area (Å²) in [6.45, 7) is 3.83. The molecule has 1 heterocycles. The largest absolute Gasteiger partial charge is 0.468 e. The molecule has 1 unspecified atom stereocenters. The van der Waals surface area contributed by atoms with Crippen molar-refractivity contribution >= 4 is 16.0 Å². The zero-order valence-electron chi connectivity index (χ0n) is 11.1. The molecule has 18 heavy (non-hydrogen) atoms. The molecule has 0 bridgehead atoms. The molecule has 1 aliphatic heterocycles. The molecule has 6 nitrogen and oxygen atoms in total. The van der Waals surface area contributed by atoms with Crippen LogP contribution in [0.25, 0.3) is 0 Å². The quantitative estimate of drug-likeness (QED) is 0.657. The summed E-state index contributed by atoms with van der Waals surface area (Å²) in [5.41, 5.74) is 0. The standard InChI is InChI=1S/C11H21NO5S/c1-9(2)12(7-11(13)16-3)18(14,15)8-10-5-4-6-17-10/h9-10H,4-8H2,1-3H3. The van der Waals surface area contributed by atoms with Crippen molar-refractivity contribution in [2.75, 3.05) is 26.0 Å². The summed E-state index contributed by atoms with van der Waals surface area (Å²) in [4.78, 5) is 11.3. The van der Waals surface area contributed by atoms with Crippen LogP contribution in [0.15, 0.2) is 0 Å². The van der Waals surface area contributed by atoms with Crippen LogP contribution in [0.1, 0.15) is 26.7 Å². The highest BCUT2D eigenvalue weighted by molar-refractivity contribution is 7.89. The molecule has 0 spiro atoms. The molecule has 7 heteroatoms. The lowest BCUT2D eigenvalue weighted by Crippen LogP contribution is -2.44. The van der Waals surface area contributed by atoms with Crippen molar-refractivity contribution in [1.82, 2.24) is 4.31 Å². The van der Waals surface area contributed by atoms with Gasteiger partial charge in [0.1, 0.15) is 6.54 Å². The summed E-state index contributed by atoms with van der Waals surface area (Å²) in [7, 11) is -2.26. The number of methoxy groups -OCH3 is 1. The van der Waals surface area contributed by atoms with Crippen LogP contribution in [-0.4, -0.2) is 56.9 Å². The second-order valence-corrected chi connectivity index (χ2v) is 6.59. The Labute approximate surface area is 108 Å². The Hall–Kier alpha value is -0.660. The minimum atomic E-state index is -3.50. The van der Waals surface area contributed by atoms with Crippen LogP contribution in [0.4, 0.5) is 0 Å². The van der Waals surface area contributed by atoms with Gasteiger partial charge in [-0.3, -0.25) is 4.79 Å². The van der Waals surface area contributed by atoms with E-state index in [1.54, 1.807) is 13.8 Å². The lowest BCUT2D eigenvalue weighted by atomic mass is 10.3. The van der Waals surface area contributed by atoms with Crippen LogP contribution >= 0.6 is 0 Å². The molecule has 0 N–H and O–H groups in total. The molecule has 0 radical (unpaired) electrons. The molecule has 0 aromatic carbocycles. The van der Waals surface area contributed by atoms with Crippen molar-refractivity contribution in [1.29, 1.82) is 0 Å². The molecule has 1 saturated heterocycles. The summed E-state index contributed by atoms with van der Waals surface area (Å²) < 4.78 is 35.5. The van der Waals surface area contributed by atoms with Crippen molar-refractivity contribution < 1.29 is 22.7 Å². The van der Waals surface area contributed by atoms with Gasteiger partial charge in [0, 0.05) is 12.6 Å². The molecule has 0 aliphatic carbocycles. The van der Waals surface area contributed by atoms with Crippen molar-refractivity contribution in [2.24, 2.45) is 0 Å². The number of carbonyl (C=O) groups is 1. The summed E-state index contributed by atoms with van der Waals surface area (Å²) >= 11 is 0. The van der Waals surface area contributed by atoms with E-state index in [0.717, 1.165) is 12.8 Å². The maximum atomic E-state index is 12.2. The zero-order chi connectivity index (χ0) is 13.8. The third-order valence-corrected chi connectivity index (χ3v) is 4.92. The van der Waals surface area contributed by atoms with E-state index in [4.69, 9.17) is 4.74 Å². The van der Waals surface area contributed by atoms with E-state index in [-0.39, 0.29) is 24.4 Å². The molecule has 0 amide bonds. The highest BCUT2D eigenvalue weighted by atomic mass is 32.2. The Morgan fingerprint density at radius 1 is 1.50 bits per heavy atom. The molecule has 0 saturated carbocycles. The van der Waals surface area contributed by atoms with E-state index in [1.807, 2.05) is 0 Å². The maximum absolute atomic E-state index is 12.2. The molecule has 0 aromatic heterocycles. The van der Waals surface area contributed by atoms with Crippen molar-refractivity contribution in [3.8, 4) is 0 Å². The van der Waals surface area contributed by atoms with E-state index < -0.39 is 16.0 Å². The van der Waals surface area contributed by atoms with Crippen LogP contribution in [0.3, 0.4) is 0 Å². The first-order valence-corrected chi connectivity index (χ1v) is 7.65. The summed E-state index contributed by atoms with van der Waals surface area (Å²) in [5, 5.41) is 0. The van der Waals surface area contributed by atoms with Crippen molar-refractivity contribution in [2.45, 2.75) is 38.8 Å². The van der Waals surface area contributed by atoms with Gasteiger partial charge in [-0.05, 0) is 26.7 Å². The van der Waals surface area contributed by atoms with E-state index in [1.165, 1.54) is 11.4 Å². The fourth-order valence-corrected chi connectivity index (χ4v) is 3.77. The van der Waals surface area contributed by atoms with Gasteiger partial charge in [-0.25, -0.2) is 8.42 Å². The van der Waals surface area contributed by atoms with E-state index >= 15 is 0 Å². The predicted octanol–water partition coefficient (Wildman–Crippen LogP) is 0.379. The summed E-state index contributed by atoms with van der Waals surface area (Å²) in [6, 6.07) is -0.282. The second kappa shape index (κ2) is 6.49. The third-order valence-electron chi connectivity index (χ3n) is 2.87. The Kier molecular flexibility index (Phi) is 5.55. The molecule has 106 valence electrons. The second-order valence-electron chi connectivity index (χ2n) is 4.63. The Morgan fingerprint density at radius 2 is 2.17 bits per heavy atom. The van der Waals surface area contributed by atoms with E-state index in [2.05, 4.69) is 4.74 Å². The summed E-state index contributed by atoms with van der Waals surface area (Å²) in [6.07, 6.45) is 1.39. The van der Waals surface area contributed by atoms with Crippen LogP contribution < -0.4 is 0 Å². The van der Waals surface area contributed by atoms with Crippen LogP contribution in [0.5, 0.6) is 0 Å². The Bertz CT molecular complexity index is 373. The molecule has 1 aliphatic rings. The minimum Gasteiger partial charge on any atom is -0.468 e. The van der Waals surface area contributed by atoms with Gasteiger partial charge in [-0.1, -0.05) is 0 Å². The molecule has 1 rings (SSSR count). The highest BCUT2D eigenvalue weighted by Crippen LogP contribution is 2.17. The van der Waals surface area contributed by atoms with Gasteiger partial charge in [0.15, 0.2) is 0 Å². The van der Waals surface area contributed by atoms with Gasteiger partial charge in [0.25, 0.3) is 0 Å². The maximum Gasteiger partial charge on any atom is 0.321 e. The molecular formula is C11H21NO5S. The lowest BCUT2D eigenvalue weighted by Gasteiger charge is -2.25. The zero-order valence-corrected chi connectivity index (χ0v) is 11.9. The third kappa shape index (κ3) is 4.22. The number of esters is 1. The van der Waals surface area contributed by atoms with Crippen molar-refractivity contribution in [3.05, 3.63) is 0 Å². The molecule has 0 aromatic rings. The molecular weight excluding hydrogens is 258 g/mol.